The Bertz CT molecular complexity index is 2300. The highest BCUT2D eigenvalue weighted by atomic mass is 16.8. The molecule has 3 amide bonds. The molecule has 5 rings (SSSR count). The van der Waals surface area contributed by atoms with Gasteiger partial charge in [-0.25, -0.2) is 9.59 Å². The van der Waals surface area contributed by atoms with Crippen LogP contribution in [0, 0.1) is 0 Å². The number of carbonyl (C=O) groups is 6. The SMILES string of the molecule is CC(=O)N[C@H]1[C@H](O[C@H]2[C@@H](O)[C@@H](CO)O[C@@H](O[C@@H]([C@H](O)[C@@H](O)C=O)[C@H](O)CO[C@]3(C(=O)O)C[C@H](O)[C@@H](NC(C)=O)[C@H]([C@H](O)[C@H](O)CO)O3)[C@@H]2O)O[C@H](CO)[C@@H](O)[C@@H]1O[C@@H]1O[C@H](CO)[C@H](O)[C@H](O[C@]2(C(=O)O)C[C@H](O)[C@@H](NC(C)=O)[C@H]([C@H](O)[C@H](O)CO)O2)[C@H]1O. The van der Waals surface area contributed by atoms with E-state index in [1.807, 2.05) is 0 Å². The minimum atomic E-state index is -3.28. The third-order valence-electron chi connectivity index (χ3n) is 15.1. The maximum atomic E-state index is 13.1. The molecule has 0 aromatic heterocycles. The van der Waals surface area contributed by atoms with E-state index in [9.17, 15) is 136 Å². The van der Waals surface area contributed by atoms with Crippen molar-refractivity contribution in [2.45, 2.75) is 223 Å². The molecule has 40 heteroatoms. The van der Waals surface area contributed by atoms with Crippen LogP contribution in [0.15, 0.2) is 0 Å². The van der Waals surface area contributed by atoms with Crippen molar-refractivity contribution in [1.82, 2.24) is 16.0 Å². The number of aliphatic carboxylic acids is 2. The number of aliphatic hydroxyl groups excluding tert-OH is 19. The van der Waals surface area contributed by atoms with Crippen LogP contribution >= 0.6 is 0 Å². The lowest BCUT2D eigenvalue weighted by atomic mass is 9.88. The highest BCUT2D eigenvalue weighted by Gasteiger charge is 2.62. The van der Waals surface area contributed by atoms with Gasteiger partial charge in [0.1, 0.15) is 134 Å². The van der Waals surface area contributed by atoms with Crippen molar-refractivity contribution in [1.29, 1.82) is 0 Å². The van der Waals surface area contributed by atoms with E-state index < -0.39 is 271 Å². The van der Waals surface area contributed by atoms with Gasteiger partial charge in [-0.05, 0) is 0 Å². The maximum absolute atomic E-state index is 13.1. The fourth-order valence-electron chi connectivity index (χ4n) is 10.6. The van der Waals surface area contributed by atoms with Crippen LogP contribution in [0.5, 0.6) is 0 Å². The summed E-state index contributed by atoms with van der Waals surface area (Å²) in [5.41, 5.74) is 0. The minimum absolute atomic E-state index is 0.286. The van der Waals surface area contributed by atoms with Crippen molar-refractivity contribution in [2.24, 2.45) is 0 Å². The summed E-state index contributed by atoms with van der Waals surface area (Å²) in [6, 6.07) is -5.44. The van der Waals surface area contributed by atoms with Gasteiger partial charge in [0.05, 0.1) is 63.9 Å². The van der Waals surface area contributed by atoms with Crippen LogP contribution in [0.3, 0.4) is 0 Å². The molecule has 0 aromatic carbocycles. The Morgan fingerprint density at radius 1 is 0.534 bits per heavy atom. The summed E-state index contributed by atoms with van der Waals surface area (Å²) in [5.74, 6) is -13.4. The van der Waals surface area contributed by atoms with Crippen molar-refractivity contribution in [3.05, 3.63) is 0 Å². The Morgan fingerprint density at radius 2 is 0.932 bits per heavy atom. The van der Waals surface area contributed by atoms with E-state index in [0.717, 1.165) is 20.8 Å². The van der Waals surface area contributed by atoms with Gasteiger partial charge >= 0.3 is 11.9 Å². The monoisotopic (exact) mass is 1290 g/mol. The molecule has 5 aliphatic heterocycles. The van der Waals surface area contributed by atoms with Crippen molar-refractivity contribution in [3.8, 4) is 0 Å². The molecule has 5 saturated heterocycles. The number of hydrogen-bond acceptors (Lipinski definition) is 35. The standard InChI is InChI=1S/C48H79N3O37/c1-13(58)49-25-16(61)4-47(45(75)76,86-38(25)29(68)19(64)7-53)79-12-21(66)36(28(67)18(63)6-52)83-43-34(73)40(32(71)23(10-56)81-43)85-42-27(51-15(3)60)37(31(70)22(9-55)80-42)84-44-35(74)41(33(72)24(11-57)82-44)88-48(46(77)78)5-17(62)26(50-14(2)59)39(87-48)30(69)20(65)8-54/h6,16-44,53-57,61-74H,4-5,7-12H2,1-3H3,(H,49,58)(H,50,59)(H,51,60)(H,75,76)(H,77,78)/t16-,17-,18-,19+,20+,21+,22+,23+,24+,25+,26+,27+,28+,29+,30+,31+,32-,33-,34+,35+,36+,37+,38+,39+,40-,41-,42-,43-,44-,47+,48-/m0/s1. The number of aldehydes is 1. The zero-order valence-electron chi connectivity index (χ0n) is 46.9. The molecule has 0 spiro atoms. The summed E-state index contributed by atoms with van der Waals surface area (Å²) in [6.07, 6.45) is -61.5. The first-order valence-electron chi connectivity index (χ1n) is 27.1. The summed E-state index contributed by atoms with van der Waals surface area (Å²) in [6.45, 7) is -4.61. The molecule has 508 valence electrons. The molecule has 88 heavy (non-hydrogen) atoms. The van der Waals surface area contributed by atoms with Gasteiger partial charge in [-0.2, -0.15) is 0 Å². The number of aliphatic hydroxyl groups is 19. The predicted molar refractivity (Wildman–Crippen MR) is 270 cm³/mol. The third kappa shape index (κ3) is 16.7. The van der Waals surface area contributed by atoms with Crippen molar-refractivity contribution >= 4 is 35.9 Å². The Balaban J connectivity index is 1.46. The summed E-state index contributed by atoms with van der Waals surface area (Å²) in [5, 5.41) is 234. The van der Waals surface area contributed by atoms with Crippen LogP contribution in [-0.2, 0) is 76.1 Å². The Hall–Kier alpha value is -4.14. The van der Waals surface area contributed by atoms with Crippen LogP contribution in [0.4, 0.5) is 0 Å². The highest BCUT2D eigenvalue weighted by molar-refractivity contribution is 5.77. The zero-order valence-corrected chi connectivity index (χ0v) is 46.9. The van der Waals surface area contributed by atoms with Gasteiger partial charge < -0.3 is 175 Å². The molecule has 5 heterocycles. The number of hydrogen-bond donors (Lipinski definition) is 24. The largest absolute Gasteiger partial charge is 0.477 e. The van der Waals surface area contributed by atoms with Gasteiger partial charge in [-0.15, -0.1) is 0 Å². The molecule has 0 radical (unpaired) electrons. The number of amides is 3. The summed E-state index contributed by atoms with van der Waals surface area (Å²) in [4.78, 5) is 74.7. The number of carbonyl (C=O) groups excluding carboxylic acids is 4. The van der Waals surface area contributed by atoms with Gasteiger partial charge in [0.25, 0.3) is 11.6 Å². The smallest absolute Gasteiger partial charge is 0.364 e. The van der Waals surface area contributed by atoms with E-state index in [1.54, 1.807) is 0 Å². The fraction of sp³-hybridized carbons (Fsp3) is 0.875. The molecule has 0 bridgehead atoms. The lowest BCUT2D eigenvalue weighted by molar-refractivity contribution is -0.387. The molecular weight excluding hydrogens is 1210 g/mol. The Kier molecular flexibility index (Phi) is 27.1. The van der Waals surface area contributed by atoms with Gasteiger partial charge in [0.2, 0.25) is 17.7 Å². The van der Waals surface area contributed by atoms with Crippen molar-refractivity contribution in [2.75, 3.05) is 39.6 Å². The normalized spacial score (nSPS) is 40.8. The van der Waals surface area contributed by atoms with Gasteiger partial charge in [0.15, 0.2) is 25.2 Å². The van der Waals surface area contributed by atoms with E-state index in [1.165, 1.54) is 0 Å². The number of ether oxygens (including phenoxy) is 10. The fourth-order valence-corrected chi connectivity index (χ4v) is 10.6. The maximum Gasteiger partial charge on any atom is 0.364 e. The number of nitrogens with one attached hydrogen (secondary N) is 3. The molecular formula is C48H79N3O37. The van der Waals surface area contributed by atoms with Crippen LogP contribution in [0.2, 0.25) is 0 Å². The molecule has 0 aromatic rings. The first-order valence-corrected chi connectivity index (χ1v) is 27.1. The lowest BCUT2D eigenvalue weighted by Crippen LogP contribution is -2.71. The second-order valence-electron chi connectivity index (χ2n) is 21.5. The Morgan fingerprint density at radius 3 is 1.38 bits per heavy atom. The first kappa shape index (κ1) is 74.6. The molecule has 0 aliphatic carbocycles. The number of rotatable bonds is 29. The van der Waals surface area contributed by atoms with Crippen molar-refractivity contribution < 1.29 is 183 Å². The van der Waals surface area contributed by atoms with Crippen molar-refractivity contribution in [3.63, 3.8) is 0 Å². The molecule has 40 nitrogen and oxygen atoms in total. The lowest BCUT2D eigenvalue weighted by Gasteiger charge is -2.51. The van der Waals surface area contributed by atoms with Crippen LogP contribution in [-0.4, -0.2) is 372 Å². The average Bonchev–Trinajstić information content (AvgIpc) is 0.819. The number of carboxylic acids is 2. The molecule has 5 aliphatic rings. The van der Waals surface area contributed by atoms with E-state index in [0.29, 0.717) is 0 Å². The predicted octanol–water partition coefficient (Wildman–Crippen LogP) is -15.4. The zero-order chi connectivity index (χ0) is 66.2. The molecule has 0 saturated carbocycles. The average molecular weight is 1290 g/mol. The Labute approximate surface area is 496 Å². The van der Waals surface area contributed by atoms with Crippen LogP contribution < -0.4 is 16.0 Å². The second kappa shape index (κ2) is 31.9. The summed E-state index contributed by atoms with van der Waals surface area (Å²) >= 11 is 0. The quantitative estimate of drug-likeness (QED) is 0.0309. The van der Waals surface area contributed by atoms with E-state index >= 15 is 0 Å². The van der Waals surface area contributed by atoms with E-state index in [2.05, 4.69) is 16.0 Å². The summed E-state index contributed by atoms with van der Waals surface area (Å²) < 4.78 is 56.6. The molecule has 24 N–H and O–H groups in total. The minimum Gasteiger partial charge on any atom is -0.477 e. The second-order valence-corrected chi connectivity index (χ2v) is 21.5. The van der Waals surface area contributed by atoms with Crippen LogP contribution in [0.25, 0.3) is 0 Å². The van der Waals surface area contributed by atoms with Gasteiger partial charge in [0, 0.05) is 33.6 Å². The molecule has 31 atom stereocenters. The highest BCUT2D eigenvalue weighted by Crippen LogP contribution is 2.40. The first-order chi connectivity index (χ1) is 41.2. The number of carboxylic acid groups (broad SMARTS) is 2. The third-order valence-corrected chi connectivity index (χ3v) is 15.1. The molecule has 0 unspecified atom stereocenters. The summed E-state index contributed by atoms with van der Waals surface area (Å²) in [7, 11) is 0. The molecule has 5 fully saturated rings. The van der Waals surface area contributed by atoms with Gasteiger partial charge in [-0.1, -0.05) is 0 Å². The van der Waals surface area contributed by atoms with E-state index in [4.69, 9.17) is 47.4 Å². The van der Waals surface area contributed by atoms with Crippen LogP contribution in [0.1, 0.15) is 33.6 Å². The van der Waals surface area contributed by atoms with Gasteiger partial charge in [-0.3, -0.25) is 14.4 Å². The van der Waals surface area contributed by atoms with E-state index in [-0.39, 0.29) is 6.29 Å². The topological polar surface area (TPSA) is 656 Å².